The first-order valence-electron chi connectivity index (χ1n) is 12.6. The summed E-state index contributed by atoms with van der Waals surface area (Å²) in [6, 6.07) is 13.4. The molecule has 2 aromatic heterocycles. The van der Waals surface area contributed by atoms with E-state index >= 15 is 0 Å². The fourth-order valence-corrected chi connectivity index (χ4v) is 7.59. The fraction of sp³-hybridized carbons (Fsp3) is 0.276. The molecule has 4 aromatic rings. The molecule has 1 aliphatic heterocycles. The summed E-state index contributed by atoms with van der Waals surface area (Å²) in [5, 5.41) is 3.92. The smallest absolute Gasteiger partial charge is 0.338 e. The number of rotatable bonds is 6. The number of carbonyl (C=O) groups excluding carboxylic acids is 1. The van der Waals surface area contributed by atoms with Crippen LogP contribution in [0, 0.1) is 0 Å². The number of esters is 1. The Morgan fingerprint density at radius 3 is 2.62 bits per heavy atom. The third-order valence-corrected chi connectivity index (χ3v) is 9.50. The number of nitrogens with zero attached hydrogens (tertiary/aromatic N) is 3. The lowest BCUT2D eigenvalue weighted by Crippen LogP contribution is -2.36. The number of ether oxygens (including phenoxy) is 2. The van der Waals surface area contributed by atoms with Crippen LogP contribution >= 0.6 is 34.4 Å². The van der Waals surface area contributed by atoms with Gasteiger partial charge in [-0.3, -0.25) is 9.36 Å². The summed E-state index contributed by atoms with van der Waals surface area (Å²) in [5.41, 5.74) is 2.49. The number of benzene rings is 2. The number of thiazole rings is 2. The lowest BCUT2D eigenvalue weighted by Gasteiger charge is -2.12. The SMILES string of the molecule is CC.CCn1c(=O)/c(=C2\Sc3cc(OC)ccc3N2C)s/c1=C\c1scc[n+]1Cc1ccccc1C(=O)OC. The van der Waals surface area contributed by atoms with E-state index in [-0.39, 0.29) is 11.5 Å². The average molecular weight is 583 g/mol. The lowest BCUT2D eigenvalue weighted by molar-refractivity contribution is -0.685. The third kappa shape index (κ3) is 5.68. The number of carbonyl (C=O) groups is 1. The predicted molar refractivity (Wildman–Crippen MR) is 160 cm³/mol. The molecule has 0 aliphatic carbocycles. The summed E-state index contributed by atoms with van der Waals surface area (Å²) in [5.74, 6) is 0.441. The van der Waals surface area contributed by atoms with E-state index in [9.17, 15) is 9.59 Å². The van der Waals surface area contributed by atoms with Gasteiger partial charge in [-0.25, -0.2) is 4.79 Å². The molecule has 1 aliphatic rings. The van der Waals surface area contributed by atoms with Gasteiger partial charge in [0, 0.05) is 24.1 Å². The topological polar surface area (TPSA) is 64.7 Å². The highest BCUT2D eigenvalue weighted by atomic mass is 32.2. The Labute approximate surface area is 240 Å². The van der Waals surface area contributed by atoms with Crippen molar-refractivity contribution in [3.05, 3.63) is 89.7 Å². The molecule has 0 N–H and O–H groups in total. The minimum absolute atomic E-state index is 0.00649. The number of methoxy groups -OCH3 is 2. The molecule has 0 amide bonds. The van der Waals surface area contributed by atoms with Crippen molar-refractivity contribution in [3.8, 4) is 5.75 Å². The maximum atomic E-state index is 13.5. The van der Waals surface area contributed by atoms with Crippen LogP contribution in [0.1, 0.15) is 41.7 Å². The summed E-state index contributed by atoms with van der Waals surface area (Å²) in [4.78, 5) is 28.9. The summed E-state index contributed by atoms with van der Waals surface area (Å²) >= 11 is 4.68. The third-order valence-electron chi connectivity index (χ3n) is 6.19. The number of thioether (sulfide) groups is 1. The van der Waals surface area contributed by atoms with Crippen molar-refractivity contribution in [3.63, 3.8) is 0 Å². The second kappa shape index (κ2) is 12.7. The van der Waals surface area contributed by atoms with Gasteiger partial charge >= 0.3 is 5.97 Å². The standard InChI is InChI=1S/C27H26N3O4S3.C2H6/c1-5-30-23(15-22-29(12-13-35-22)16-17-8-6-7-9-19(17)27(32)34-4)37-24(25(30)31)26-28(2)20-11-10-18(33-3)14-21(20)36-26;1-2/h6-15H,5,16H2,1-4H3;1-2H3/q+1;/b26-24+;. The molecular formula is C29H32N3O4S3+. The van der Waals surface area contributed by atoms with Gasteiger partial charge in [0.2, 0.25) is 0 Å². The number of hydrogen-bond donors (Lipinski definition) is 0. The first-order chi connectivity index (χ1) is 18.9. The van der Waals surface area contributed by atoms with Crippen molar-refractivity contribution in [1.82, 2.24) is 4.57 Å². The van der Waals surface area contributed by atoms with Crippen molar-refractivity contribution in [1.29, 1.82) is 0 Å². The summed E-state index contributed by atoms with van der Waals surface area (Å²) in [6.45, 7) is 7.07. The van der Waals surface area contributed by atoms with Gasteiger partial charge < -0.3 is 14.4 Å². The van der Waals surface area contributed by atoms with E-state index in [0.29, 0.717) is 18.7 Å². The highest BCUT2D eigenvalue weighted by molar-refractivity contribution is 8.08. The Morgan fingerprint density at radius 1 is 1.13 bits per heavy atom. The molecule has 0 radical (unpaired) electrons. The van der Waals surface area contributed by atoms with Crippen LogP contribution in [0.4, 0.5) is 5.69 Å². The zero-order chi connectivity index (χ0) is 28.1. The largest absolute Gasteiger partial charge is 0.497 e. The van der Waals surface area contributed by atoms with E-state index in [1.165, 1.54) is 18.4 Å². The average Bonchev–Trinajstić information content (AvgIpc) is 3.64. The van der Waals surface area contributed by atoms with E-state index in [2.05, 4.69) is 15.5 Å². The quantitative estimate of drug-likeness (QED) is 0.250. The van der Waals surface area contributed by atoms with E-state index in [4.69, 9.17) is 9.47 Å². The predicted octanol–water partition coefficient (Wildman–Crippen LogP) is 4.29. The van der Waals surface area contributed by atoms with Gasteiger partial charge in [0.15, 0.2) is 12.7 Å². The molecule has 0 unspecified atom stereocenters. The van der Waals surface area contributed by atoms with Gasteiger partial charge in [-0.15, -0.1) is 11.3 Å². The van der Waals surface area contributed by atoms with Crippen molar-refractivity contribution >= 4 is 57.2 Å². The Hall–Kier alpha value is -3.34. The van der Waals surface area contributed by atoms with E-state index in [1.54, 1.807) is 36.3 Å². The normalized spacial score (nSPS) is 14.1. The number of anilines is 1. The molecule has 5 rings (SSSR count). The Kier molecular flexibility index (Phi) is 9.32. The Bertz CT molecular complexity index is 1670. The highest BCUT2D eigenvalue weighted by Crippen LogP contribution is 2.46. The van der Waals surface area contributed by atoms with Crippen LogP contribution in [0.5, 0.6) is 5.75 Å². The van der Waals surface area contributed by atoms with Crippen LogP contribution in [-0.2, 0) is 17.8 Å². The number of aromatic nitrogens is 2. The van der Waals surface area contributed by atoms with Crippen LogP contribution in [0.15, 0.2) is 63.7 Å². The minimum atomic E-state index is -0.353. The van der Waals surface area contributed by atoms with Gasteiger partial charge in [-0.05, 0) is 31.2 Å². The molecule has 0 bridgehead atoms. The lowest BCUT2D eigenvalue weighted by atomic mass is 10.1. The molecule has 7 nitrogen and oxygen atoms in total. The number of hydrogen-bond acceptors (Lipinski definition) is 8. The van der Waals surface area contributed by atoms with Crippen molar-refractivity contribution in [2.75, 3.05) is 26.2 Å². The van der Waals surface area contributed by atoms with Crippen LogP contribution in [0.3, 0.4) is 0 Å². The molecule has 0 saturated heterocycles. The van der Waals surface area contributed by atoms with Crippen LogP contribution < -0.4 is 29.0 Å². The van der Waals surface area contributed by atoms with Gasteiger partial charge in [0.05, 0.1) is 36.9 Å². The fourth-order valence-electron chi connectivity index (χ4n) is 4.25. The Morgan fingerprint density at radius 2 is 1.90 bits per heavy atom. The van der Waals surface area contributed by atoms with Crippen LogP contribution in [0.2, 0.25) is 0 Å². The maximum absolute atomic E-state index is 13.5. The summed E-state index contributed by atoms with van der Waals surface area (Å²) in [7, 11) is 5.04. The molecule has 3 heterocycles. The number of fused-ring (bicyclic) bond motifs is 1. The van der Waals surface area contributed by atoms with Gasteiger partial charge in [0.25, 0.3) is 10.6 Å². The molecule has 0 spiro atoms. The zero-order valence-corrected chi connectivity index (χ0v) is 25.3. The summed E-state index contributed by atoms with van der Waals surface area (Å²) in [6.07, 6.45) is 4.05. The van der Waals surface area contributed by atoms with Crippen molar-refractivity contribution in [2.45, 2.75) is 38.8 Å². The molecule has 204 valence electrons. The van der Waals surface area contributed by atoms with Gasteiger partial charge in [0.1, 0.15) is 20.0 Å². The molecule has 0 atom stereocenters. The maximum Gasteiger partial charge on any atom is 0.338 e. The second-order valence-corrected chi connectivity index (χ2v) is 11.3. The van der Waals surface area contributed by atoms with Crippen molar-refractivity contribution < 1.29 is 18.8 Å². The molecule has 0 fully saturated rings. The first kappa shape index (κ1) is 28.7. The second-order valence-electron chi connectivity index (χ2n) is 8.28. The van der Waals surface area contributed by atoms with Crippen molar-refractivity contribution in [2.24, 2.45) is 0 Å². The van der Waals surface area contributed by atoms with Crippen LogP contribution in [0.25, 0.3) is 11.1 Å². The van der Waals surface area contributed by atoms with E-state index in [0.717, 1.165) is 41.1 Å². The molecule has 2 aromatic carbocycles. The van der Waals surface area contributed by atoms with E-state index < -0.39 is 0 Å². The highest BCUT2D eigenvalue weighted by Gasteiger charge is 2.25. The minimum Gasteiger partial charge on any atom is -0.497 e. The monoisotopic (exact) mass is 582 g/mol. The van der Waals surface area contributed by atoms with Gasteiger partial charge in [-0.2, -0.15) is 4.57 Å². The van der Waals surface area contributed by atoms with E-state index in [1.807, 2.05) is 80.4 Å². The van der Waals surface area contributed by atoms with Crippen LogP contribution in [-0.4, -0.2) is 31.8 Å². The molecule has 10 heteroatoms. The zero-order valence-electron chi connectivity index (χ0n) is 22.9. The molecule has 0 saturated carbocycles. The first-order valence-corrected chi connectivity index (χ1v) is 15.1. The molecular weight excluding hydrogens is 551 g/mol. The van der Waals surface area contributed by atoms with Gasteiger partial charge in [-0.1, -0.05) is 55.1 Å². The summed E-state index contributed by atoms with van der Waals surface area (Å²) < 4.78 is 15.8. The Balaban J connectivity index is 0.00000172. The molecule has 39 heavy (non-hydrogen) atoms.